The van der Waals surface area contributed by atoms with Crippen molar-refractivity contribution < 1.29 is 4.79 Å². The number of nitrogens with zero attached hydrogens (tertiary/aromatic N) is 1. The van der Waals surface area contributed by atoms with E-state index >= 15 is 0 Å². The summed E-state index contributed by atoms with van der Waals surface area (Å²) in [6.07, 6.45) is 6.37. The van der Waals surface area contributed by atoms with Gasteiger partial charge >= 0.3 is 0 Å². The molecule has 0 amide bonds. The normalized spacial score (nSPS) is 16.2. The SMILES string of the molecule is CNc1cc(C(C)N)ccn1.O=CC1CCC1. The summed E-state index contributed by atoms with van der Waals surface area (Å²) in [6.45, 7) is 1.95. The van der Waals surface area contributed by atoms with Gasteiger partial charge in [0.05, 0.1) is 0 Å². The Balaban J connectivity index is 0.000000202. The van der Waals surface area contributed by atoms with Crippen LogP contribution in [0.2, 0.25) is 0 Å². The average Bonchev–Trinajstić information content (AvgIpc) is 2.28. The maximum absolute atomic E-state index is 9.79. The summed E-state index contributed by atoms with van der Waals surface area (Å²) in [5.74, 6) is 1.30. The van der Waals surface area contributed by atoms with Gasteiger partial charge in [-0.25, -0.2) is 4.98 Å². The highest BCUT2D eigenvalue weighted by Gasteiger charge is 2.14. The van der Waals surface area contributed by atoms with Crippen LogP contribution in [0.4, 0.5) is 5.82 Å². The van der Waals surface area contributed by atoms with Gasteiger partial charge in [-0.1, -0.05) is 6.42 Å². The topological polar surface area (TPSA) is 68.0 Å². The van der Waals surface area contributed by atoms with Gasteiger partial charge in [-0.05, 0) is 37.5 Å². The molecule has 94 valence electrons. The first-order valence-corrected chi connectivity index (χ1v) is 6.02. The molecule has 4 heteroatoms. The van der Waals surface area contributed by atoms with Crippen molar-refractivity contribution in [3.63, 3.8) is 0 Å². The van der Waals surface area contributed by atoms with Gasteiger partial charge in [-0.15, -0.1) is 0 Å². The number of nitrogens with two attached hydrogens (primary N) is 1. The number of nitrogens with one attached hydrogen (secondary N) is 1. The van der Waals surface area contributed by atoms with Crippen molar-refractivity contribution >= 4 is 12.1 Å². The second kappa shape index (κ2) is 7.01. The number of anilines is 1. The van der Waals surface area contributed by atoms with E-state index in [0.29, 0.717) is 5.92 Å². The van der Waals surface area contributed by atoms with Crippen LogP contribution < -0.4 is 11.1 Å². The highest BCUT2D eigenvalue weighted by atomic mass is 16.1. The molecule has 1 aliphatic rings. The molecular weight excluding hydrogens is 214 g/mol. The summed E-state index contributed by atoms with van der Waals surface area (Å²) in [5.41, 5.74) is 6.78. The summed E-state index contributed by atoms with van der Waals surface area (Å²) in [4.78, 5) is 13.9. The van der Waals surface area contributed by atoms with Crippen molar-refractivity contribution in [3.05, 3.63) is 23.9 Å². The Bertz CT molecular complexity index is 348. The van der Waals surface area contributed by atoms with Crippen LogP contribution in [0, 0.1) is 5.92 Å². The third kappa shape index (κ3) is 4.53. The number of aldehydes is 1. The largest absolute Gasteiger partial charge is 0.373 e. The molecule has 0 aliphatic heterocycles. The molecule has 0 bridgehead atoms. The maximum atomic E-state index is 9.79. The molecule has 1 unspecified atom stereocenters. The van der Waals surface area contributed by atoms with Crippen LogP contribution >= 0.6 is 0 Å². The summed E-state index contributed by atoms with van der Waals surface area (Å²) in [5, 5.41) is 2.96. The van der Waals surface area contributed by atoms with Crippen LogP contribution in [-0.2, 0) is 4.79 Å². The van der Waals surface area contributed by atoms with E-state index in [0.717, 1.165) is 30.5 Å². The first-order chi connectivity index (χ1) is 8.17. The van der Waals surface area contributed by atoms with Gasteiger partial charge < -0.3 is 15.8 Å². The third-order valence-electron chi connectivity index (χ3n) is 2.91. The first-order valence-electron chi connectivity index (χ1n) is 6.02. The lowest BCUT2D eigenvalue weighted by atomic mass is 9.87. The molecule has 1 aromatic rings. The van der Waals surface area contributed by atoms with Crippen LogP contribution in [-0.4, -0.2) is 18.3 Å². The third-order valence-corrected chi connectivity index (χ3v) is 2.91. The molecule has 17 heavy (non-hydrogen) atoms. The molecule has 1 fully saturated rings. The zero-order valence-electron chi connectivity index (χ0n) is 10.5. The molecule has 1 heterocycles. The molecule has 1 aliphatic carbocycles. The van der Waals surface area contributed by atoms with Crippen molar-refractivity contribution in [2.24, 2.45) is 11.7 Å². The minimum atomic E-state index is 0.0742. The predicted octanol–water partition coefficient (Wildman–Crippen LogP) is 2.13. The van der Waals surface area contributed by atoms with E-state index in [-0.39, 0.29) is 6.04 Å². The van der Waals surface area contributed by atoms with Gasteiger partial charge in [0.2, 0.25) is 0 Å². The lowest BCUT2D eigenvalue weighted by molar-refractivity contribution is -0.113. The summed E-state index contributed by atoms with van der Waals surface area (Å²) < 4.78 is 0. The van der Waals surface area contributed by atoms with E-state index in [1.807, 2.05) is 26.1 Å². The number of hydrogen-bond donors (Lipinski definition) is 2. The van der Waals surface area contributed by atoms with Crippen molar-refractivity contribution in [3.8, 4) is 0 Å². The molecular formula is C13H21N3O. The lowest BCUT2D eigenvalue weighted by Gasteiger charge is -2.17. The predicted molar refractivity (Wildman–Crippen MR) is 69.8 cm³/mol. The second-order valence-electron chi connectivity index (χ2n) is 4.34. The minimum absolute atomic E-state index is 0.0742. The number of carbonyl (C=O) groups is 1. The van der Waals surface area contributed by atoms with Crippen LogP contribution in [0.3, 0.4) is 0 Å². The number of hydrogen-bond acceptors (Lipinski definition) is 4. The van der Waals surface area contributed by atoms with Crippen molar-refractivity contribution in [2.45, 2.75) is 32.2 Å². The Hall–Kier alpha value is -1.42. The van der Waals surface area contributed by atoms with Gasteiger partial charge in [0, 0.05) is 25.2 Å². The molecule has 0 aromatic carbocycles. The Labute approximate surface area is 103 Å². The molecule has 1 atom stereocenters. The van der Waals surface area contributed by atoms with Crippen LogP contribution in [0.15, 0.2) is 18.3 Å². The number of pyridine rings is 1. The molecule has 4 nitrogen and oxygen atoms in total. The van der Waals surface area contributed by atoms with E-state index in [9.17, 15) is 4.79 Å². The number of aromatic nitrogens is 1. The summed E-state index contributed by atoms with van der Waals surface area (Å²) in [7, 11) is 1.84. The zero-order chi connectivity index (χ0) is 12.7. The average molecular weight is 235 g/mol. The maximum Gasteiger partial charge on any atom is 0.125 e. The van der Waals surface area contributed by atoms with Crippen LogP contribution in [0.5, 0.6) is 0 Å². The molecule has 1 aromatic heterocycles. The van der Waals surface area contributed by atoms with Gasteiger partial charge in [-0.3, -0.25) is 0 Å². The Morgan fingerprint density at radius 2 is 2.29 bits per heavy atom. The molecule has 3 N–H and O–H groups in total. The van der Waals surface area contributed by atoms with Gasteiger partial charge in [0.15, 0.2) is 0 Å². The first kappa shape index (κ1) is 13.6. The lowest BCUT2D eigenvalue weighted by Crippen LogP contribution is -2.10. The molecule has 0 spiro atoms. The molecule has 2 rings (SSSR count). The van der Waals surface area contributed by atoms with Gasteiger partial charge in [-0.2, -0.15) is 0 Å². The van der Waals surface area contributed by atoms with Crippen molar-refractivity contribution in [1.82, 2.24) is 4.98 Å². The van der Waals surface area contributed by atoms with Crippen molar-refractivity contribution in [1.29, 1.82) is 0 Å². The molecule has 0 radical (unpaired) electrons. The highest BCUT2D eigenvalue weighted by molar-refractivity contribution is 5.54. The van der Waals surface area contributed by atoms with E-state index in [2.05, 4.69) is 10.3 Å². The quantitative estimate of drug-likeness (QED) is 0.787. The molecule has 1 saturated carbocycles. The van der Waals surface area contributed by atoms with E-state index in [4.69, 9.17) is 5.73 Å². The fraction of sp³-hybridized carbons (Fsp3) is 0.538. The Morgan fingerprint density at radius 3 is 2.65 bits per heavy atom. The Morgan fingerprint density at radius 1 is 1.59 bits per heavy atom. The fourth-order valence-electron chi connectivity index (χ4n) is 1.44. The van der Waals surface area contributed by atoms with Gasteiger partial charge in [0.25, 0.3) is 0 Å². The number of carbonyl (C=O) groups excluding carboxylic acids is 1. The highest BCUT2D eigenvalue weighted by Crippen LogP contribution is 2.23. The molecule has 0 saturated heterocycles. The van der Waals surface area contributed by atoms with E-state index in [1.54, 1.807) is 6.20 Å². The van der Waals surface area contributed by atoms with Crippen LogP contribution in [0.25, 0.3) is 0 Å². The minimum Gasteiger partial charge on any atom is -0.373 e. The second-order valence-corrected chi connectivity index (χ2v) is 4.34. The number of rotatable bonds is 3. The van der Waals surface area contributed by atoms with E-state index < -0.39 is 0 Å². The standard InChI is InChI=1S/C8H13N3.C5H8O/c1-6(9)7-3-4-11-8(5-7)10-2;6-4-5-2-1-3-5/h3-6H,9H2,1-2H3,(H,10,11);4-5H,1-3H2. The fourth-order valence-corrected chi connectivity index (χ4v) is 1.44. The van der Waals surface area contributed by atoms with E-state index in [1.165, 1.54) is 6.42 Å². The monoisotopic (exact) mass is 235 g/mol. The van der Waals surface area contributed by atoms with Crippen molar-refractivity contribution in [2.75, 3.05) is 12.4 Å². The smallest absolute Gasteiger partial charge is 0.125 e. The van der Waals surface area contributed by atoms with Gasteiger partial charge in [0.1, 0.15) is 12.1 Å². The Kier molecular flexibility index (Phi) is 5.63. The summed E-state index contributed by atoms with van der Waals surface area (Å²) in [6, 6.07) is 3.95. The van der Waals surface area contributed by atoms with Crippen LogP contribution in [0.1, 0.15) is 37.8 Å². The zero-order valence-corrected chi connectivity index (χ0v) is 10.5. The summed E-state index contributed by atoms with van der Waals surface area (Å²) >= 11 is 0.